The van der Waals surface area contributed by atoms with Crippen molar-refractivity contribution in [2.24, 2.45) is 0 Å². The first-order valence-electron chi connectivity index (χ1n) is 4.85. The van der Waals surface area contributed by atoms with Crippen LogP contribution in [0.3, 0.4) is 0 Å². The molecule has 78 valence electrons. The fourth-order valence-corrected chi connectivity index (χ4v) is 1.53. The lowest BCUT2D eigenvalue weighted by molar-refractivity contribution is -0.384. The van der Waals surface area contributed by atoms with Crippen molar-refractivity contribution in [2.45, 2.75) is 12.8 Å². The molecule has 15 heavy (non-hydrogen) atoms. The maximum absolute atomic E-state index is 10.6. The second-order valence-electron chi connectivity index (χ2n) is 3.37. The van der Waals surface area contributed by atoms with E-state index in [2.05, 4.69) is 0 Å². The summed E-state index contributed by atoms with van der Waals surface area (Å²) in [5, 5.41) is 10.6. The minimum atomic E-state index is -0.396. The fraction of sp³-hybridized carbons (Fsp3) is 0.273. The van der Waals surface area contributed by atoms with Crippen LogP contribution in [0.2, 0.25) is 0 Å². The number of nitro benzene ring substituents is 1. The summed E-state index contributed by atoms with van der Waals surface area (Å²) < 4.78 is 5.44. The van der Waals surface area contributed by atoms with Crippen LogP contribution >= 0.6 is 0 Å². The Morgan fingerprint density at radius 2 is 2.27 bits per heavy atom. The molecule has 0 aliphatic carbocycles. The molecule has 1 aliphatic heterocycles. The van der Waals surface area contributed by atoms with Crippen molar-refractivity contribution in [3.05, 3.63) is 46.0 Å². The Balaban J connectivity index is 2.31. The van der Waals surface area contributed by atoms with Gasteiger partial charge in [-0.3, -0.25) is 10.1 Å². The van der Waals surface area contributed by atoms with Crippen LogP contribution in [0.25, 0.3) is 5.76 Å². The molecule has 0 atom stereocenters. The van der Waals surface area contributed by atoms with Gasteiger partial charge in [0.05, 0.1) is 11.5 Å². The molecule has 1 heterocycles. The highest BCUT2D eigenvalue weighted by atomic mass is 16.6. The number of benzene rings is 1. The molecule has 0 aromatic heterocycles. The minimum absolute atomic E-state index is 0.0996. The molecular weight excluding hydrogens is 194 g/mol. The third kappa shape index (κ3) is 2.15. The number of allylic oxidation sites excluding steroid dienone is 1. The molecular formula is C11H11NO3. The van der Waals surface area contributed by atoms with E-state index in [4.69, 9.17) is 4.74 Å². The predicted molar refractivity (Wildman–Crippen MR) is 56.3 cm³/mol. The van der Waals surface area contributed by atoms with E-state index in [0.29, 0.717) is 6.61 Å². The van der Waals surface area contributed by atoms with Gasteiger partial charge in [-0.1, -0.05) is 12.1 Å². The standard InChI is InChI=1S/C11H11NO3/c13-12(14)10-5-3-4-9(8-10)11-6-1-2-7-15-11/h3-6,8H,1-2,7H2. The summed E-state index contributed by atoms with van der Waals surface area (Å²) in [6.45, 7) is 0.689. The van der Waals surface area contributed by atoms with Gasteiger partial charge in [0.25, 0.3) is 5.69 Å². The molecule has 0 N–H and O–H groups in total. The van der Waals surface area contributed by atoms with E-state index in [-0.39, 0.29) is 5.69 Å². The molecule has 0 saturated heterocycles. The SMILES string of the molecule is O=[N+]([O-])c1cccc(C2=CCCCO2)c1. The third-order valence-electron chi connectivity index (χ3n) is 2.28. The van der Waals surface area contributed by atoms with Gasteiger partial charge in [0, 0.05) is 17.7 Å². The Morgan fingerprint density at radius 1 is 1.40 bits per heavy atom. The van der Waals surface area contributed by atoms with Gasteiger partial charge < -0.3 is 4.74 Å². The topological polar surface area (TPSA) is 52.4 Å². The van der Waals surface area contributed by atoms with Gasteiger partial charge in [-0.2, -0.15) is 0 Å². The van der Waals surface area contributed by atoms with Gasteiger partial charge >= 0.3 is 0 Å². The maximum atomic E-state index is 10.6. The Hall–Kier alpha value is -1.84. The summed E-state index contributed by atoms with van der Waals surface area (Å²) in [7, 11) is 0. The number of nitro groups is 1. The van der Waals surface area contributed by atoms with Crippen LogP contribution in [0.1, 0.15) is 18.4 Å². The summed E-state index contributed by atoms with van der Waals surface area (Å²) in [6, 6.07) is 6.51. The second kappa shape index (κ2) is 4.13. The van der Waals surface area contributed by atoms with Crippen molar-refractivity contribution >= 4 is 11.4 Å². The molecule has 0 unspecified atom stereocenters. The zero-order valence-electron chi connectivity index (χ0n) is 8.18. The molecule has 1 aromatic carbocycles. The number of ether oxygens (including phenoxy) is 1. The van der Waals surface area contributed by atoms with Crippen LogP contribution in [-0.4, -0.2) is 11.5 Å². The van der Waals surface area contributed by atoms with Crippen LogP contribution in [0.15, 0.2) is 30.3 Å². The quantitative estimate of drug-likeness (QED) is 0.551. The average Bonchev–Trinajstić information content (AvgIpc) is 2.30. The smallest absolute Gasteiger partial charge is 0.270 e. The monoisotopic (exact) mass is 205 g/mol. The van der Waals surface area contributed by atoms with E-state index in [9.17, 15) is 10.1 Å². The van der Waals surface area contributed by atoms with Crippen molar-refractivity contribution < 1.29 is 9.66 Å². The molecule has 0 radical (unpaired) electrons. The van der Waals surface area contributed by atoms with Crippen LogP contribution in [0, 0.1) is 10.1 Å². The summed E-state index contributed by atoms with van der Waals surface area (Å²) >= 11 is 0. The van der Waals surface area contributed by atoms with Crippen molar-refractivity contribution in [1.82, 2.24) is 0 Å². The fourth-order valence-electron chi connectivity index (χ4n) is 1.53. The first-order chi connectivity index (χ1) is 7.27. The van der Waals surface area contributed by atoms with E-state index < -0.39 is 4.92 Å². The zero-order chi connectivity index (χ0) is 10.7. The first-order valence-corrected chi connectivity index (χ1v) is 4.85. The average molecular weight is 205 g/mol. The molecule has 0 amide bonds. The molecule has 2 rings (SSSR count). The van der Waals surface area contributed by atoms with Crippen molar-refractivity contribution in [2.75, 3.05) is 6.61 Å². The van der Waals surface area contributed by atoms with Gasteiger partial charge in [-0.15, -0.1) is 0 Å². The van der Waals surface area contributed by atoms with Crippen molar-refractivity contribution in [1.29, 1.82) is 0 Å². The highest BCUT2D eigenvalue weighted by molar-refractivity contribution is 5.62. The second-order valence-corrected chi connectivity index (χ2v) is 3.37. The Morgan fingerprint density at radius 3 is 2.93 bits per heavy atom. The lowest BCUT2D eigenvalue weighted by atomic mass is 10.1. The number of hydrogen-bond donors (Lipinski definition) is 0. The maximum Gasteiger partial charge on any atom is 0.270 e. The lowest BCUT2D eigenvalue weighted by Gasteiger charge is -2.14. The Bertz CT molecular complexity index is 412. The van der Waals surface area contributed by atoms with Crippen LogP contribution < -0.4 is 0 Å². The normalized spacial score (nSPS) is 15.3. The van der Waals surface area contributed by atoms with E-state index >= 15 is 0 Å². The summed E-state index contributed by atoms with van der Waals surface area (Å²) in [4.78, 5) is 10.2. The number of nitrogens with zero attached hydrogens (tertiary/aromatic N) is 1. The highest BCUT2D eigenvalue weighted by Crippen LogP contribution is 2.24. The number of non-ortho nitro benzene ring substituents is 1. The first kappa shape index (κ1) is 9.71. The molecule has 4 nitrogen and oxygen atoms in total. The molecule has 4 heteroatoms. The largest absolute Gasteiger partial charge is 0.493 e. The van der Waals surface area contributed by atoms with Crippen LogP contribution in [-0.2, 0) is 4.74 Å². The van der Waals surface area contributed by atoms with Crippen molar-refractivity contribution in [3.8, 4) is 0 Å². The molecule has 1 aromatic rings. The lowest BCUT2D eigenvalue weighted by Crippen LogP contribution is -2.00. The van der Waals surface area contributed by atoms with Crippen LogP contribution in [0.5, 0.6) is 0 Å². The van der Waals surface area contributed by atoms with Gasteiger partial charge in [-0.25, -0.2) is 0 Å². The summed E-state index contributed by atoms with van der Waals surface area (Å²) in [6.07, 6.45) is 3.96. The molecule has 0 fully saturated rings. The van der Waals surface area contributed by atoms with E-state index in [0.717, 1.165) is 24.2 Å². The van der Waals surface area contributed by atoms with E-state index in [1.165, 1.54) is 12.1 Å². The van der Waals surface area contributed by atoms with E-state index in [1.54, 1.807) is 6.07 Å². The van der Waals surface area contributed by atoms with Crippen molar-refractivity contribution in [3.63, 3.8) is 0 Å². The summed E-state index contributed by atoms with van der Waals surface area (Å²) in [5.74, 6) is 0.755. The van der Waals surface area contributed by atoms with Gasteiger partial charge in [0.1, 0.15) is 5.76 Å². The number of hydrogen-bond acceptors (Lipinski definition) is 3. The predicted octanol–water partition coefficient (Wildman–Crippen LogP) is 2.75. The van der Waals surface area contributed by atoms with E-state index in [1.807, 2.05) is 12.1 Å². The molecule has 1 aliphatic rings. The summed E-state index contributed by atoms with van der Waals surface area (Å²) in [5.41, 5.74) is 0.881. The molecule has 0 bridgehead atoms. The number of rotatable bonds is 2. The van der Waals surface area contributed by atoms with Crippen LogP contribution in [0.4, 0.5) is 5.69 Å². The van der Waals surface area contributed by atoms with Gasteiger partial charge in [0.2, 0.25) is 0 Å². The minimum Gasteiger partial charge on any atom is -0.493 e. The Kier molecular flexibility index (Phi) is 2.67. The Labute approximate surface area is 87.3 Å². The molecule has 0 spiro atoms. The van der Waals surface area contributed by atoms with Gasteiger partial charge in [-0.05, 0) is 18.9 Å². The molecule has 0 saturated carbocycles. The third-order valence-corrected chi connectivity index (χ3v) is 2.28. The highest BCUT2D eigenvalue weighted by Gasteiger charge is 2.11. The van der Waals surface area contributed by atoms with Gasteiger partial charge in [0.15, 0.2) is 0 Å². The zero-order valence-corrected chi connectivity index (χ0v) is 8.18.